The van der Waals surface area contributed by atoms with Crippen molar-refractivity contribution in [3.63, 3.8) is 0 Å². The van der Waals surface area contributed by atoms with E-state index in [1.807, 2.05) is 26.0 Å². The second-order valence-corrected chi connectivity index (χ2v) is 5.86. The van der Waals surface area contributed by atoms with Gasteiger partial charge in [0.05, 0.1) is 0 Å². The molecule has 0 saturated heterocycles. The Kier molecular flexibility index (Phi) is 4.78. The molecular weight excluding hydrogens is 266 g/mol. The fourth-order valence-corrected chi connectivity index (χ4v) is 2.43. The van der Waals surface area contributed by atoms with Gasteiger partial charge in [-0.25, -0.2) is 4.79 Å². The predicted octanol–water partition coefficient (Wildman–Crippen LogP) is 3.01. The Morgan fingerprint density at radius 2 is 2.10 bits per heavy atom. The van der Waals surface area contributed by atoms with E-state index in [1.165, 1.54) is 18.9 Å². The molecule has 1 unspecified atom stereocenters. The van der Waals surface area contributed by atoms with Crippen LogP contribution in [-0.4, -0.2) is 23.0 Å². The number of nitrogens with one attached hydrogen (secondary N) is 1. The number of carbonyl (C=O) groups is 2. The Morgan fingerprint density at radius 1 is 1.38 bits per heavy atom. The van der Waals surface area contributed by atoms with Gasteiger partial charge in [-0.05, 0) is 55.5 Å². The number of hydrogen-bond donors (Lipinski definition) is 2. The molecule has 2 N–H and O–H groups in total. The molecule has 1 fully saturated rings. The van der Waals surface area contributed by atoms with Gasteiger partial charge in [0, 0.05) is 17.7 Å². The van der Waals surface area contributed by atoms with Gasteiger partial charge in [-0.15, -0.1) is 0 Å². The van der Waals surface area contributed by atoms with Crippen molar-refractivity contribution < 1.29 is 14.7 Å². The third-order valence-electron chi connectivity index (χ3n) is 3.54. The number of carbonyl (C=O) groups excluding carboxylic acids is 1. The van der Waals surface area contributed by atoms with Crippen LogP contribution in [0.3, 0.4) is 0 Å². The molecule has 1 aliphatic rings. The van der Waals surface area contributed by atoms with E-state index in [-0.39, 0.29) is 11.9 Å². The quantitative estimate of drug-likeness (QED) is 0.790. The second-order valence-electron chi connectivity index (χ2n) is 5.86. The average Bonchev–Trinajstić information content (AvgIpc) is 3.19. The monoisotopic (exact) mass is 287 g/mol. The third kappa shape index (κ3) is 5.06. The van der Waals surface area contributed by atoms with Crippen LogP contribution in [-0.2, 0) is 4.79 Å². The number of carboxylic acid groups (broad SMARTS) is 1. The maximum atomic E-state index is 12.2. The number of carboxylic acids is 1. The summed E-state index contributed by atoms with van der Waals surface area (Å²) in [6.07, 6.45) is 6.15. The summed E-state index contributed by atoms with van der Waals surface area (Å²) in [6.45, 7) is 3.92. The van der Waals surface area contributed by atoms with Gasteiger partial charge in [0.1, 0.15) is 0 Å². The summed E-state index contributed by atoms with van der Waals surface area (Å²) < 4.78 is 0. The molecule has 0 radical (unpaired) electrons. The van der Waals surface area contributed by atoms with Crippen molar-refractivity contribution in [1.29, 1.82) is 0 Å². The third-order valence-corrected chi connectivity index (χ3v) is 3.54. The van der Waals surface area contributed by atoms with Crippen LogP contribution in [0.4, 0.5) is 0 Å². The summed E-state index contributed by atoms with van der Waals surface area (Å²) in [6, 6.07) is 5.55. The first kappa shape index (κ1) is 15.3. The molecule has 1 aromatic carbocycles. The molecule has 1 amide bonds. The summed E-state index contributed by atoms with van der Waals surface area (Å²) in [7, 11) is 0. The lowest BCUT2D eigenvalue weighted by atomic mass is 10.0. The Morgan fingerprint density at radius 3 is 2.71 bits per heavy atom. The Hall–Kier alpha value is -2.10. The minimum atomic E-state index is -0.999. The fourth-order valence-electron chi connectivity index (χ4n) is 2.43. The SMILES string of the molecule is Cc1cc(/C=C/C(=O)O)cc(C(=O)NC(C)CC2CC2)c1. The van der Waals surface area contributed by atoms with Crippen molar-refractivity contribution in [1.82, 2.24) is 5.32 Å². The maximum absolute atomic E-state index is 12.2. The van der Waals surface area contributed by atoms with Crippen molar-refractivity contribution >= 4 is 18.0 Å². The van der Waals surface area contributed by atoms with E-state index >= 15 is 0 Å². The van der Waals surface area contributed by atoms with Crippen LogP contribution in [0, 0.1) is 12.8 Å². The van der Waals surface area contributed by atoms with Gasteiger partial charge < -0.3 is 10.4 Å². The van der Waals surface area contributed by atoms with Crippen LogP contribution >= 0.6 is 0 Å². The van der Waals surface area contributed by atoms with E-state index < -0.39 is 5.97 Å². The lowest BCUT2D eigenvalue weighted by molar-refractivity contribution is -0.131. The normalized spacial score (nSPS) is 15.9. The molecule has 2 rings (SSSR count). The first-order valence-corrected chi connectivity index (χ1v) is 7.27. The van der Waals surface area contributed by atoms with Crippen LogP contribution in [0.15, 0.2) is 24.3 Å². The van der Waals surface area contributed by atoms with Crippen molar-refractivity contribution in [3.05, 3.63) is 41.0 Å². The molecule has 4 heteroatoms. The summed E-state index contributed by atoms with van der Waals surface area (Å²) in [5, 5.41) is 11.7. The first-order chi connectivity index (χ1) is 9.94. The van der Waals surface area contributed by atoms with Crippen molar-refractivity contribution in [2.45, 2.75) is 39.2 Å². The molecule has 21 heavy (non-hydrogen) atoms. The number of aryl methyl sites for hydroxylation is 1. The van der Waals surface area contributed by atoms with Crippen molar-refractivity contribution in [2.75, 3.05) is 0 Å². The molecule has 4 nitrogen and oxygen atoms in total. The number of benzene rings is 1. The zero-order valence-corrected chi connectivity index (χ0v) is 12.4. The van der Waals surface area contributed by atoms with Gasteiger partial charge in [0.25, 0.3) is 5.91 Å². The number of hydrogen-bond acceptors (Lipinski definition) is 2. The summed E-state index contributed by atoms with van der Waals surface area (Å²) in [5.41, 5.74) is 2.22. The van der Waals surface area contributed by atoms with E-state index in [0.717, 1.165) is 29.5 Å². The van der Waals surface area contributed by atoms with Crippen LogP contribution < -0.4 is 5.32 Å². The Bertz CT molecular complexity index is 573. The lowest BCUT2D eigenvalue weighted by Gasteiger charge is -2.14. The van der Waals surface area contributed by atoms with Crippen LogP contribution in [0.5, 0.6) is 0 Å². The molecule has 112 valence electrons. The molecule has 0 bridgehead atoms. The lowest BCUT2D eigenvalue weighted by Crippen LogP contribution is -2.32. The highest BCUT2D eigenvalue weighted by Gasteiger charge is 2.24. The zero-order chi connectivity index (χ0) is 15.4. The van der Waals surface area contributed by atoms with Gasteiger partial charge >= 0.3 is 5.97 Å². The van der Waals surface area contributed by atoms with Crippen molar-refractivity contribution in [2.24, 2.45) is 5.92 Å². The zero-order valence-electron chi connectivity index (χ0n) is 12.4. The van der Waals surface area contributed by atoms with Crippen LogP contribution in [0.1, 0.15) is 47.7 Å². The molecule has 0 spiro atoms. The van der Waals surface area contributed by atoms with E-state index in [2.05, 4.69) is 5.32 Å². The maximum Gasteiger partial charge on any atom is 0.328 e. The summed E-state index contributed by atoms with van der Waals surface area (Å²) >= 11 is 0. The molecule has 0 aliphatic heterocycles. The Balaban J connectivity index is 2.06. The van der Waals surface area contributed by atoms with E-state index in [4.69, 9.17) is 5.11 Å². The summed E-state index contributed by atoms with van der Waals surface area (Å²) in [4.78, 5) is 22.8. The van der Waals surface area contributed by atoms with Crippen LogP contribution in [0.2, 0.25) is 0 Å². The summed E-state index contributed by atoms with van der Waals surface area (Å²) in [5.74, 6) is -0.329. The average molecular weight is 287 g/mol. The predicted molar refractivity (Wildman–Crippen MR) is 82.1 cm³/mol. The van der Waals surface area contributed by atoms with Gasteiger partial charge in [-0.3, -0.25) is 4.79 Å². The van der Waals surface area contributed by atoms with Gasteiger partial charge in [0.15, 0.2) is 0 Å². The highest BCUT2D eigenvalue weighted by molar-refractivity contribution is 5.95. The Labute approximate surface area is 124 Å². The number of amides is 1. The molecule has 1 aliphatic carbocycles. The van der Waals surface area contributed by atoms with E-state index in [1.54, 1.807) is 6.07 Å². The minimum absolute atomic E-state index is 0.100. The molecule has 1 saturated carbocycles. The topological polar surface area (TPSA) is 66.4 Å². The van der Waals surface area contributed by atoms with Gasteiger partial charge in [-0.2, -0.15) is 0 Å². The smallest absolute Gasteiger partial charge is 0.328 e. The number of rotatable bonds is 6. The van der Waals surface area contributed by atoms with Gasteiger partial charge in [0.2, 0.25) is 0 Å². The molecule has 1 aromatic rings. The second kappa shape index (κ2) is 6.57. The highest BCUT2D eigenvalue weighted by atomic mass is 16.4. The van der Waals surface area contributed by atoms with Gasteiger partial charge in [-0.1, -0.05) is 18.9 Å². The molecular formula is C17H21NO3. The first-order valence-electron chi connectivity index (χ1n) is 7.27. The minimum Gasteiger partial charge on any atom is -0.478 e. The van der Waals surface area contributed by atoms with Crippen molar-refractivity contribution in [3.8, 4) is 0 Å². The molecule has 0 heterocycles. The molecule has 1 atom stereocenters. The van der Waals surface area contributed by atoms with E-state index in [0.29, 0.717) is 5.56 Å². The number of aliphatic carboxylic acids is 1. The standard InChI is InChI=1S/C17H21NO3/c1-11-7-14(5-6-16(19)20)10-15(8-11)17(21)18-12(2)9-13-3-4-13/h5-8,10,12-13H,3-4,9H2,1-2H3,(H,18,21)(H,19,20)/b6-5+. The largest absolute Gasteiger partial charge is 0.478 e. The fraction of sp³-hybridized carbons (Fsp3) is 0.412. The van der Waals surface area contributed by atoms with Crippen LogP contribution in [0.25, 0.3) is 6.08 Å². The van der Waals surface area contributed by atoms with E-state index in [9.17, 15) is 9.59 Å². The highest BCUT2D eigenvalue weighted by Crippen LogP contribution is 2.33. The molecule has 0 aromatic heterocycles.